The number of amides is 1. The smallest absolute Gasteiger partial charge is 0.265 e. The Morgan fingerprint density at radius 1 is 1.24 bits per heavy atom. The van der Waals surface area contributed by atoms with Crippen molar-refractivity contribution in [2.45, 2.75) is 39.7 Å². The summed E-state index contributed by atoms with van der Waals surface area (Å²) in [6, 6.07) is 9.56. The molecule has 3 rings (SSSR count). The van der Waals surface area contributed by atoms with Crippen molar-refractivity contribution in [3.63, 3.8) is 0 Å². The van der Waals surface area contributed by atoms with E-state index in [-0.39, 0.29) is 11.8 Å². The molecule has 29 heavy (non-hydrogen) atoms. The average molecular weight is 462 g/mol. The Bertz CT molecular complexity index is 1040. The van der Waals surface area contributed by atoms with E-state index in [0.717, 1.165) is 5.56 Å². The molecule has 1 amide bonds. The first-order valence-corrected chi connectivity index (χ1v) is 9.91. The van der Waals surface area contributed by atoms with Gasteiger partial charge in [-0.2, -0.15) is 4.98 Å². The highest BCUT2D eigenvalue weighted by molar-refractivity contribution is 9.10. The molecule has 152 valence electrons. The van der Waals surface area contributed by atoms with Gasteiger partial charge in [0.25, 0.3) is 11.8 Å². The number of benzene rings is 2. The van der Waals surface area contributed by atoms with Gasteiger partial charge >= 0.3 is 0 Å². The van der Waals surface area contributed by atoms with E-state index in [0.29, 0.717) is 33.2 Å². The Balaban J connectivity index is 1.82. The van der Waals surface area contributed by atoms with Crippen LogP contribution in [-0.4, -0.2) is 22.2 Å². The standard InChI is InChI=1S/C21H21BrFN3O3/c1-11(2)19-25-21(29-26-19)15-7-5-6-12(3)18(15)24-20(27)13(4)28-17-9-8-14(23)10-16(17)22/h5-11,13H,1-4H3,(H,24,27). The van der Waals surface area contributed by atoms with Crippen LogP contribution in [0.3, 0.4) is 0 Å². The van der Waals surface area contributed by atoms with Gasteiger partial charge in [-0.3, -0.25) is 4.79 Å². The number of aromatic nitrogens is 2. The van der Waals surface area contributed by atoms with Gasteiger partial charge in [0, 0.05) is 5.92 Å². The molecule has 3 aromatic rings. The molecule has 0 saturated heterocycles. The van der Waals surface area contributed by atoms with E-state index in [1.54, 1.807) is 6.92 Å². The second-order valence-corrected chi connectivity index (χ2v) is 7.79. The topological polar surface area (TPSA) is 77.3 Å². The van der Waals surface area contributed by atoms with E-state index in [1.165, 1.54) is 18.2 Å². The molecule has 0 aliphatic carbocycles. The molecule has 1 N–H and O–H groups in total. The van der Waals surface area contributed by atoms with E-state index >= 15 is 0 Å². The molecule has 0 aliphatic rings. The van der Waals surface area contributed by atoms with Gasteiger partial charge in [-0.25, -0.2) is 4.39 Å². The predicted octanol–water partition coefficient (Wildman–Crippen LogP) is 5.48. The number of anilines is 1. The summed E-state index contributed by atoms with van der Waals surface area (Å²) in [4.78, 5) is 17.2. The summed E-state index contributed by atoms with van der Waals surface area (Å²) < 4.78 is 24.7. The summed E-state index contributed by atoms with van der Waals surface area (Å²) in [5, 5.41) is 6.88. The van der Waals surface area contributed by atoms with Gasteiger partial charge in [0.15, 0.2) is 11.9 Å². The summed E-state index contributed by atoms with van der Waals surface area (Å²) >= 11 is 3.23. The molecule has 0 saturated carbocycles. The van der Waals surface area contributed by atoms with Gasteiger partial charge in [0.2, 0.25) is 0 Å². The molecule has 1 unspecified atom stereocenters. The summed E-state index contributed by atoms with van der Waals surface area (Å²) in [5.41, 5.74) is 2.05. The number of nitrogens with one attached hydrogen (secondary N) is 1. The highest BCUT2D eigenvalue weighted by Crippen LogP contribution is 2.31. The summed E-state index contributed by atoms with van der Waals surface area (Å²) in [5.74, 6) is 0.668. The van der Waals surface area contributed by atoms with Crippen molar-refractivity contribution >= 4 is 27.5 Å². The third-order valence-corrected chi connectivity index (χ3v) is 4.90. The molecule has 6 nitrogen and oxygen atoms in total. The molecular formula is C21H21BrFN3O3. The lowest BCUT2D eigenvalue weighted by Gasteiger charge is -2.18. The second kappa shape index (κ2) is 8.73. The molecule has 0 fully saturated rings. The molecule has 1 atom stereocenters. The Labute approximate surface area is 176 Å². The van der Waals surface area contributed by atoms with Crippen LogP contribution in [0.1, 0.15) is 38.1 Å². The maximum atomic E-state index is 13.2. The van der Waals surface area contributed by atoms with Crippen LogP contribution in [0.4, 0.5) is 10.1 Å². The first kappa shape index (κ1) is 21.0. The van der Waals surface area contributed by atoms with Crippen LogP contribution in [0.25, 0.3) is 11.5 Å². The van der Waals surface area contributed by atoms with Crippen LogP contribution >= 0.6 is 15.9 Å². The Kier molecular flexibility index (Phi) is 6.32. The Morgan fingerprint density at radius 2 is 2.00 bits per heavy atom. The van der Waals surface area contributed by atoms with Crippen LogP contribution < -0.4 is 10.1 Å². The lowest BCUT2D eigenvalue weighted by molar-refractivity contribution is -0.122. The van der Waals surface area contributed by atoms with Crippen molar-refractivity contribution in [2.75, 3.05) is 5.32 Å². The fourth-order valence-electron chi connectivity index (χ4n) is 2.63. The van der Waals surface area contributed by atoms with Gasteiger partial charge in [0.05, 0.1) is 15.7 Å². The number of halogens is 2. The van der Waals surface area contributed by atoms with Crippen LogP contribution in [0, 0.1) is 12.7 Å². The Morgan fingerprint density at radius 3 is 2.66 bits per heavy atom. The molecule has 1 heterocycles. The minimum Gasteiger partial charge on any atom is -0.480 e. The number of carbonyl (C=O) groups is 1. The average Bonchev–Trinajstić information content (AvgIpc) is 3.15. The zero-order chi connectivity index (χ0) is 21.1. The zero-order valence-corrected chi connectivity index (χ0v) is 18.1. The molecular weight excluding hydrogens is 441 g/mol. The minimum absolute atomic E-state index is 0.123. The highest BCUT2D eigenvalue weighted by Gasteiger charge is 2.21. The van der Waals surface area contributed by atoms with E-state index in [9.17, 15) is 9.18 Å². The van der Waals surface area contributed by atoms with Gasteiger partial charge < -0.3 is 14.6 Å². The SMILES string of the molecule is Cc1cccc(-c2nc(C(C)C)no2)c1NC(=O)C(C)Oc1ccc(F)cc1Br. The monoisotopic (exact) mass is 461 g/mol. The fraction of sp³-hybridized carbons (Fsp3) is 0.286. The summed E-state index contributed by atoms with van der Waals surface area (Å²) in [6.07, 6.45) is -0.821. The number of hydrogen-bond donors (Lipinski definition) is 1. The van der Waals surface area contributed by atoms with E-state index in [2.05, 4.69) is 31.4 Å². The maximum Gasteiger partial charge on any atom is 0.265 e. The number of carbonyl (C=O) groups excluding carboxylic acids is 1. The number of hydrogen-bond acceptors (Lipinski definition) is 5. The molecule has 8 heteroatoms. The van der Waals surface area contributed by atoms with Gasteiger partial charge in [-0.05, 0) is 59.6 Å². The molecule has 0 bridgehead atoms. The number of aryl methyl sites for hydroxylation is 1. The summed E-state index contributed by atoms with van der Waals surface area (Å²) in [6.45, 7) is 7.44. The van der Waals surface area contributed by atoms with Gasteiger partial charge in [-0.15, -0.1) is 0 Å². The number of nitrogens with zero attached hydrogens (tertiary/aromatic N) is 2. The van der Waals surface area contributed by atoms with Gasteiger partial charge in [0.1, 0.15) is 11.6 Å². The lowest BCUT2D eigenvalue weighted by Crippen LogP contribution is -2.30. The minimum atomic E-state index is -0.821. The quantitative estimate of drug-likeness (QED) is 0.525. The van der Waals surface area contributed by atoms with E-state index < -0.39 is 11.9 Å². The number of para-hydroxylation sites is 1. The Hall–Kier alpha value is -2.74. The number of ether oxygens (including phenoxy) is 1. The predicted molar refractivity (Wildman–Crippen MR) is 111 cm³/mol. The maximum absolute atomic E-state index is 13.2. The second-order valence-electron chi connectivity index (χ2n) is 6.93. The fourth-order valence-corrected chi connectivity index (χ4v) is 3.07. The van der Waals surface area contributed by atoms with E-state index in [4.69, 9.17) is 9.26 Å². The normalized spacial score (nSPS) is 12.1. The van der Waals surface area contributed by atoms with Crippen LogP contribution in [0.15, 0.2) is 45.4 Å². The third kappa shape index (κ3) is 4.82. The molecule has 1 aromatic heterocycles. The summed E-state index contributed by atoms with van der Waals surface area (Å²) in [7, 11) is 0. The van der Waals surface area contributed by atoms with Crippen LogP contribution in [-0.2, 0) is 4.79 Å². The largest absolute Gasteiger partial charge is 0.480 e. The third-order valence-electron chi connectivity index (χ3n) is 4.28. The van der Waals surface area contributed by atoms with Crippen molar-refractivity contribution in [1.82, 2.24) is 10.1 Å². The van der Waals surface area contributed by atoms with Crippen molar-refractivity contribution in [3.8, 4) is 17.2 Å². The van der Waals surface area contributed by atoms with Crippen molar-refractivity contribution in [3.05, 3.63) is 58.1 Å². The van der Waals surface area contributed by atoms with Crippen molar-refractivity contribution in [2.24, 2.45) is 0 Å². The molecule has 0 aliphatic heterocycles. The molecule has 0 radical (unpaired) electrons. The van der Waals surface area contributed by atoms with Crippen LogP contribution in [0.2, 0.25) is 0 Å². The van der Waals surface area contributed by atoms with Crippen molar-refractivity contribution < 1.29 is 18.4 Å². The van der Waals surface area contributed by atoms with Gasteiger partial charge in [-0.1, -0.05) is 31.1 Å². The number of rotatable bonds is 6. The highest BCUT2D eigenvalue weighted by atomic mass is 79.9. The first-order chi connectivity index (χ1) is 13.8. The lowest BCUT2D eigenvalue weighted by atomic mass is 10.1. The molecule has 0 spiro atoms. The van der Waals surface area contributed by atoms with Crippen molar-refractivity contribution in [1.29, 1.82) is 0 Å². The first-order valence-electron chi connectivity index (χ1n) is 9.12. The van der Waals surface area contributed by atoms with E-state index in [1.807, 2.05) is 39.0 Å². The zero-order valence-electron chi connectivity index (χ0n) is 16.5. The van der Waals surface area contributed by atoms with Crippen LogP contribution in [0.5, 0.6) is 5.75 Å². The molecule has 2 aromatic carbocycles.